The highest BCUT2D eigenvalue weighted by molar-refractivity contribution is 7.89. The first-order valence-electron chi connectivity index (χ1n) is 7.99. The average molecular weight is 358 g/mol. The van der Waals surface area contributed by atoms with Gasteiger partial charge in [0.1, 0.15) is 10.5 Å². The number of nitrogens with zero attached hydrogens (tertiary/aromatic N) is 4. The van der Waals surface area contributed by atoms with Crippen LogP contribution in [0.3, 0.4) is 0 Å². The molecule has 136 valence electrons. The van der Waals surface area contributed by atoms with Crippen molar-refractivity contribution in [3.8, 4) is 0 Å². The first-order valence-corrected chi connectivity index (χ1v) is 9.43. The Morgan fingerprint density at radius 3 is 2.42 bits per heavy atom. The van der Waals surface area contributed by atoms with Crippen LogP contribution in [0.5, 0.6) is 0 Å². The Kier molecular flexibility index (Phi) is 5.24. The Hall–Kier alpha value is -1.61. The molecule has 0 aromatic carbocycles. The van der Waals surface area contributed by atoms with Crippen molar-refractivity contribution in [1.82, 2.24) is 19.0 Å². The Labute approximate surface area is 143 Å². The molecule has 1 aliphatic rings. The maximum atomic E-state index is 12.8. The van der Waals surface area contributed by atoms with E-state index in [0.29, 0.717) is 31.7 Å². The third-order valence-corrected chi connectivity index (χ3v) is 5.92. The summed E-state index contributed by atoms with van der Waals surface area (Å²) in [6.45, 7) is 8.57. The number of carbonyl (C=O) groups is 1. The van der Waals surface area contributed by atoms with Gasteiger partial charge >= 0.3 is 6.09 Å². The zero-order valence-electron chi connectivity index (χ0n) is 14.9. The third-order valence-electron chi connectivity index (χ3n) is 3.91. The van der Waals surface area contributed by atoms with E-state index in [1.54, 1.807) is 18.9 Å². The van der Waals surface area contributed by atoms with E-state index >= 15 is 0 Å². The van der Waals surface area contributed by atoms with Gasteiger partial charge in [0.2, 0.25) is 10.0 Å². The van der Waals surface area contributed by atoms with E-state index in [-0.39, 0.29) is 11.4 Å². The van der Waals surface area contributed by atoms with E-state index < -0.39 is 21.7 Å². The Morgan fingerprint density at radius 2 is 1.88 bits per heavy atom. The topological polar surface area (TPSA) is 84.7 Å². The molecule has 0 aliphatic carbocycles. The standard InChI is InChI=1S/C15H26N4O4S/c1-12-13(11-16-17(12)5)24(21,22)19-8-6-7-18(9-10-19)14(20)23-15(2,3)4/h11H,6-10H2,1-5H3. The number of sulfonamides is 1. The van der Waals surface area contributed by atoms with E-state index in [2.05, 4.69) is 5.10 Å². The largest absolute Gasteiger partial charge is 0.444 e. The minimum absolute atomic E-state index is 0.218. The Bertz CT molecular complexity index is 706. The number of aryl methyl sites for hydroxylation is 1. The summed E-state index contributed by atoms with van der Waals surface area (Å²) in [6.07, 6.45) is 1.54. The van der Waals surface area contributed by atoms with Crippen molar-refractivity contribution < 1.29 is 17.9 Å². The summed E-state index contributed by atoms with van der Waals surface area (Å²) in [5, 5.41) is 4.01. The molecule has 24 heavy (non-hydrogen) atoms. The molecule has 0 bridgehead atoms. The number of ether oxygens (including phenoxy) is 1. The zero-order valence-corrected chi connectivity index (χ0v) is 15.8. The lowest BCUT2D eigenvalue weighted by Gasteiger charge is -2.26. The van der Waals surface area contributed by atoms with E-state index in [1.165, 1.54) is 15.2 Å². The van der Waals surface area contributed by atoms with Crippen LogP contribution in [0.2, 0.25) is 0 Å². The van der Waals surface area contributed by atoms with Crippen LogP contribution >= 0.6 is 0 Å². The van der Waals surface area contributed by atoms with Gasteiger partial charge in [-0.2, -0.15) is 9.40 Å². The lowest BCUT2D eigenvalue weighted by Crippen LogP contribution is -2.40. The van der Waals surface area contributed by atoms with Crippen LogP contribution in [0.1, 0.15) is 32.9 Å². The van der Waals surface area contributed by atoms with Crippen LogP contribution in [0.4, 0.5) is 4.79 Å². The van der Waals surface area contributed by atoms with Gasteiger partial charge < -0.3 is 9.64 Å². The molecule has 1 aliphatic heterocycles. The molecule has 1 aromatic rings. The van der Waals surface area contributed by atoms with E-state index in [0.717, 1.165) is 0 Å². The third kappa shape index (κ3) is 4.07. The van der Waals surface area contributed by atoms with Gasteiger partial charge in [0.05, 0.1) is 11.9 Å². The SMILES string of the molecule is Cc1c(S(=O)(=O)N2CCCN(C(=O)OC(C)(C)C)CC2)cnn1C. The molecular formula is C15H26N4O4S. The smallest absolute Gasteiger partial charge is 0.410 e. The number of hydrogen-bond acceptors (Lipinski definition) is 5. The Balaban J connectivity index is 2.10. The normalized spacial score (nSPS) is 17.6. The summed E-state index contributed by atoms with van der Waals surface area (Å²) in [5.41, 5.74) is 0.0327. The summed E-state index contributed by atoms with van der Waals surface area (Å²) >= 11 is 0. The average Bonchev–Trinajstić information content (AvgIpc) is 2.67. The summed E-state index contributed by atoms with van der Waals surface area (Å²) in [6, 6.07) is 0. The van der Waals surface area contributed by atoms with Crippen molar-refractivity contribution in [2.75, 3.05) is 26.2 Å². The van der Waals surface area contributed by atoms with Gasteiger partial charge in [0, 0.05) is 33.2 Å². The molecule has 1 saturated heterocycles. The van der Waals surface area contributed by atoms with Gasteiger partial charge in [-0.05, 0) is 34.1 Å². The fraction of sp³-hybridized carbons (Fsp3) is 0.733. The van der Waals surface area contributed by atoms with E-state index in [4.69, 9.17) is 4.74 Å². The maximum absolute atomic E-state index is 12.8. The molecular weight excluding hydrogens is 332 g/mol. The van der Waals surface area contributed by atoms with Gasteiger partial charge in [-0.25, -0.2) is 13.2 Å². The molecule has 0 unspecified atom stereocenters. The van der Waals surface area contributed by atoms with E-state index in [9.17, 15) is 13.2 Å². The van der Waals surface area contributed by atoms with Gasteiger partial charge in [0.25, 0.3) is 0 Å². The molecule has 8 nitrogen and oxygen atoms in total. The highest BCUT2D eigenvalue weighted by Crippen LogP contribution is 2.21. The molecule has 9 heteroatoms. The second-order valence-electron chi connectivity index (χ2n) is 6.94. The minimum Gasteiger partial charge on any atom is -0.444 e. The van der Waals surface area contributed by atoms with E-state index in [1.807, 2.05) is 20.8 Å². The fourth-order valence-electron chi connectivity index (χ4n) is 2.51. The predicted molar refractivity (Wildman–Crippen MR) is 89.1 cm³/mol. The monoisotopic (exact) mass is 358 g/mol. The van der Waals surface area contributed by atoms with Crippen molar-refractivity contribution in [1.29, 1.82) is 0 Å². The molecule has 0 atom stereocenters. The minimum atomic E-state index is -3.61. The maximum Gasteiger partial charge on any atom is 0.410 e. The molecule has 0 saturated carbocycles. The van der Waals surface area contributed by atoms with Gasteiger partial charge in [0.15, 0.2) is 0 Å². The molecule has 2 rings (SSSR count). The van der Waals surface area contributed by atoms with Crippen LogP contribution < -0.4 is 0 Å². The quantitative estimate of drug-likeness (QED) is 0.797. The van der Waals surface area contributed by atoms with Crippen LogP contribution in [-0.4, -0.2) is 65.3 Å². The van der Waals surface area contributed by atoms with Crippen molar-refractivity contribution in [3.05, 3.63) is 11.9 Å². The molecule has 1 aromatic heterocycles. The van der Waals surface area contributed by atoms with Crippen LogP contribution in [0, 0.1) is 6.92 Å². The van der Waals surface area contributed by atoms with Gasteiger partial charge in [-0.15, -0.1) is 0 Å². The molecule has 2 heterocycles. The molecule has 1 amide bonds. The highest BCUT2D eigenvalue weighted by atomic mass is 32.2. The number of carbonyl (C=O) groups excluding carboxylic acids is 1. The zero-order chi connectivity index (χ0) is 18.1. The summed E-state index contributed by atoms with van der Waals surface area (Å²) in [5.74, 6) is 0. The first kappa shape index (κ1) is 18.7. The van der Waals surface area contributed by atoms with Crippen molar-refractivity contribution in [3.63, 3.8) is 0 Å². The first-order chi connectivity index (χ1) is 11.0. The summed E-state index contributed by atoms with van der Waals surface area (Å²) < 4.78 is 34.0. The Morgan fingerprint density at radius 1 is 1.21 bits per heavy atom. The number of amides is 1. The van der Waals surface area contributed by atoms with Crippen molar-refractivity contribution in [2.24, 2.45) is 7.05 Å². The second kappa shape index (κ2) is 6.72. The molecule has 0 spiro atoms. The van der Waals surface area contributed by atoms with Crippen LogP contribution in [-0.2, 0) is 21.8 Å². The van der Waals surface area contributed by atoms with Crippen molar-refractivity contribution in [2.45, 2.75) is 44.6 Å². The van der Waals surface area contributed by atoms with Crippen LogP contribution in [0.25, 0.3) is 0 Å². The molecule has 0 N–H and O–H groups in total. The van der Waals surface area contributed by atoms with Crippen LogP contribution in [0.15, 0.2) is 11.1 Å². The van der Waals surface area contributed by atoms with Gasteiger partial charge in [-0.3, -0.25) is 4.68 Å². The number of rotatable bonds is 2. The van der Waals surface area contributed by atoms with Crippen molar-refractivity contribution >= 4 is 16.1 Å². The summed E-state index contributed by atoms with van der Waals surface area (Å²) in [4.78, 5) is 14.0. The van der Waals surface area contributed by atoms with Gasteiger partial charge in [-0.1, -0.05) is 0 Å². The lowest BCUT2D eigenvalue weighted by atomic mass is 10.2. The second-order valence-corrected chi connectivity index (χ2v) is 8.85. The molecule has 1 fully saturated rings. The lowest BCUT2D eigenvalue weighted by molar-refractivity contribution is 0.0260. The highest BCUT2D eigenvalue weighted by Gasteiger charge is 2.31. The fourth-order valence-corrected chi connectivity index (χ4v) is 4.17. The molecule has 0 radical (unpaired) electrons. The summed E-state index contributed by atoms with van der Waals surface area (Å²) in [7, 11) is -1.90. The predicted octanol–water partition coefficient (Wildman–Crippen LogP) is 1.36. The number of hydrogen-bond donors (Lipinski definition) is 0. The number of aromatic nitrogens is 2.